The van der Waals surface area contributed by atoms with Crippen LogP contribution in [0.25, 0.3) is 0 Å². The normalized spacial score (nSPS) is 10.8. The predicted molar refractivity (Wildman–Crippen MR) is 313 cm³/mol. The molecule has 558 valence electrons. The molecular weight excluding hydrogens is 3570 g/mol. The van der Waals surface area contributed by atoms with Crippen LogP contribution in [0.2, 0.25) is 0 Å². The Labute approximate surface area is 895 Å². The first-order chi connectivity index (χ1) is 35.8. The molecule has 94 heavy (non-hydrogen) atoms. The molecule has 0 amide bonds. The summed E-state index contributed by atoms with van der Waals surface area (Å²) in [6.45, 7) is 16.2. The van der Waals surface area contributed by atoms with Gasteiger partial charge >= 0.3 is 68.8 Å². The third-order valence-electron chi connectivity index (χ3n) is 4.62. The van der Waals surface area contributed by atoms with E-state index >= 15 is 0 Å². The van der Waals surface area contributed by atoms with Crippen molar-refractivity contribution in [2.75, 3.05) is 164 Å². The number of rotatable bonds is 37. The molecule has 0 aromatic carbocycles. The molecule has 8 radical (unpaired) electrons. The zero-order valence-electron chi connectivity index (χ0n) is 53.5. The zero-order valence-corrected chi connectivity index (χ0v) is 114. The summed E-state index contributed by atoms with van der Waals surface area (Å²) in [4.78, 5) is 98.6. The van der Waals surface area contributed by atoms with E-state index in [0.29, 0.717) is 20.0 Å². The molecule has 0 spiro atoms. The average molecular weight is 3650 g/mol. The third kappa shape index (κ3) is 200. The van der Waals surface area contributed by atoms with Crippen molar-refractivity contribution in [3.63, 3.8) is 0 Å². The van der Waals surface area contributed by atoms with Crippen molar-refractivity contribution in [1.82, 2.24) is 0 Å². The molecule has 5 atom stereocenters. The fraction of sp³-hybridized carbons (Fsp3) is 0.923. The minimum Gasteiger partial charge on any atom is -0.358 e. The van der Waals surface area contributed by atoms with E-state index in [1.807, 2.05) is 40.0 Å². The van der Waals surface area contributed by atoms with Crippen molar-refractivity contribution in [2.24, 2.45) is 0 Å². The van der Waals surface area contributed by atoms with Crippen molar-refractivity contribution >= 4 is 138 Å². The molecule has 0 aliphatic carbocycles. The Morgan fingerprint density at radius 1 is 0.340 bits per heavy atom. The van der Waals surface area contributed by atoms with E-state index in [0.717, 1.165) is 0 Å². The van der Waals surface area contributed by atoms with Crippen molar-refractivity contribution in [3.05, 3.63) is 14.9 Å². The van der Waals surface area contributed by atoms with E-state index in [9.17, 15) is 0 Å². The van der Waals surface area contributed by atoms with Crippen molar-refractivity contribution < 1.29 is 597 Å². The molecule has 68 heteroatoms. The van der Waals surface area contributed by atoms with Crippen LogP contribution in [0.15, 0.2) is 0 Å². The van der Waals surface area contributed by atoms with Gasteiger partial charge in [-0.15, -0.1) is 0 Å². The summed E-state index contributed by atoms with van der Waals surface area (Å²) in [5.41, 5.74) is 0. The van der Waals surface area contributed by atoms with Crippen LogP contribution in [0, 0.1) is 14.9 Å². The van der Waals surface area contributed by atoms with Gasteiger partial charge in [-0.2, -0.15) is 0 Å². The van der Waals surface area contributed by atoms with Crippen molar-refractivity contribution in [3.8, 4) is 0 Å². The molecule has 1 saturated heterocycles. The molecule has 0 saturated carbocycles. The van der Waals surface area contributed by atoms with E-state index in [4.69, 9.17) is 113 Å². The summed E-state index contributed by atoms with van der Waals surface area (Å²) in [6, 6.07) is 0. The van der Waals surface area contributed by atoms with E-state index in [1.165, 1.54) is 35.5 Å². The fourth-order valence-corrected chi connectivity index (χ4v) is 6.86. The van der Waals surface area contributed by atoms with Crippen LogP contribution in [-0.2, 0) is 539 Å². The van der Waals surface area contributed by atoms with Gasteiger partial charge in [-0.1, -0.05) is 0 Å². The largest absolute Gasteiger partial charge is 0.358 e. The van der Waals surface area contributed by atoms with E-state index < -0.39 is 112 Å². The molecule has 1 fully saturated rings. The number of hydrogen-bond donors (Lipinski definition) is 12. The Morgan fingerprint density at radius 2 is 0.564 bits per heavy atom. The molecule has 1 aliphatic heterocycles. The summed E-state index contributed by atoms with van der Waals surface area (Å²) in [5, 5.41) is 0. The first-order valence-corrected chi connectivity index (χ1v) is 39.7. The zero-order chi connectivity index (χ0) is 60.0. The molecule has 1 aliphatic rings. The fourth-order valence-electron chi connectivity index (χ4n) is 1.88. The maximum atomic E-state index is 8.27. The molecule has 0 aromatic rings. The predicted octanol–water partition coefficient (Wildman–Crippen LogP) is 7.99. The first kappa shape index (κ1) is 184. The van der Waals surface area contributed by atoms with Gasteiger partial charge in [-0.25, -0.2) is 0 Å². The second-order valence-corrected chi connectivity index (χ2v) is 28.1. The smallest absolute Gasteiger partial charge is 0.335 e. The molecule has 12 N–H and O–H groups in total. The Kier molecular flexibility index (Phi) is 306. The molecule has 5 unspecified atom stereocenters. The summed E-state index contributed by atoms with van der Waals surface area (Å²) >= 11 is 0. The van der Waals surface area contributed by atoms with E-state index in [-0.39, 0.29) is 509 Å². The van der Waals surface area contributed by atoms with Gasteiger partial charge in [0.15, 0.2) is 89.2 Å². The van der Waals surface area contributed by atoms with Gasteiger partial charge in [0, 0.05) is 520 Å². The second kappa shape index (κ2) is 157. The Balaban J connectivity index is -0.0000000246. The Bertz CT molecular complexity index is 1050. The van der Waals surface area contributed by atoms with E-state index in [1.54, 1.807) is 20.4 Å². The Hall–Kier alpha value is 19.8. The monoisotopic (exact) mass is 3650 g/mol. The van der Waals surface area contributed by atoms with Gasteiger partial charge in [0.2, 0.25) is 0 Å². The van der Waals surface area contributed by atoms with Gasteiger partial charge in [-0.05, 0) is 40.0 Å². The van der Waals surface area contributed by atoms with E-state index in [2.05, 4.69) is 63.8 Å². The van der Waals surface area contributed by atoms with Crippen LogP contribution in [0.4, 0.5) is 0 Å². The molecular formula is C26H84O36P16W8Y8-2. The first-order valence-electron chi connectivity index (χ1n) is 18.6. The quantitative estimate of drug-likeness (QED) is 0.0121. The van der Waals surface area contributed by atoms with Gasteiger partial charge in [0.05, 0.1) is 13.2 Å². The summed E-state index contributed by atoms with van der Waals surface area (Å²) < 4.78 is 112. The Morgan fingerprint density at radius 3 is 0.787 bits per heavy atom. The van der Waals surface area contributed by atoms with Gasteiger partial charge in [-0.3, -0.25) is 36.2 Å². The van der Waals surface area contributed by atoms with Crippen LogP contribution in [0.1, 0.15) is 0 Å². The average Bonchev–Trinajstić information content (AvgIpc) is 3.88. The van der Waals surface area contributed by atoms with Crippen LogP contribution < -0.4 is 0 Å². The SMILES string of the molecule is COP(C)OCOP(O)O.COP(C)OCOPO.COP(OC)OCOP(O)O.COP(OC)OCOP(O)O.CP(C)OCOP.CP(C)OCOP(O)O.CP(C)OCOPO.OP(O)OCOP1OCCO1.[CH3-].[CH3-].[W].[W].[W].[W].[W].[W].[W].[W].[Y].[Y].[Y].[Y].[Y].[Y].[Y].[Y]. The second-order valence-electron chi connectivity index (χ2n) is 10.3. The number of hydrogen-bond acceptors (Lipinski definition) is 36. The molecule has 0 bridgehead atoms. The van der Waals surface area contributed by atoms with Gasteiger partial charge in [0.25, 0.3) is 0 Å². The molecule has 0 aromatic heterocycles. The third-order valence-corrected chi connectivity index (χ3v) is 13.7. The molecule has 1 heterocycles. The van der Waals surface area contributed by atoms with Crippen molar-refractivity contribution in [1.29, 1.82) is 0 Å². The van der Waals surface area contributed by atoms with Gasteiger partial charge in [0.1, 0.15) is 0 Å². The summed E-state index contributed by atoms with van der Waals surface area (Å²) in [7, 11) is -8.74. The maximum absolute atomic E-state index is 8.27. The summed E-state index contributed by atoms with van der Waals surface area (Å²) in [5.74, 6) is 0. The van der Waals surface area contributed by atoms with Crippen LogP contribution in [0.3, 0.4) is 0 Å². The minimum atomic E-state index is -2.37. The molecule has 36 nitrogen and oxygen atoms in total. The van der Waals surface area contributed by atoms with Gasteiger partial charge < -0.3 is 146 Å². The standard InChI is InChI=1S/C3H8O6P2.2C3H10O6P2.C3H10O5P2.2C3H10O4P2.C3H10O3P2.C3H10O2P2.2CH3.8W.8Y/c4-10(5)8-3-9-11-6-1-2-7-11;2*1-6-11(7-2)9-3-8-10(4)5;1-6-9(2)7-3-8-10(4)5;1-8(2)6-3-7-9(4)5;1-5-9(2)7-3-6-8-4;1-8(2)6-3-5-7-4;1-7(2)5-3-4-6;;;;;;;;;;;;;;;;;;/h4-5H,1-3H2;2*4-5H,3H2,1-2H3;4-5H,3H2,1-2H3;4-5H,3H2,1-2H3;4,8H,3H2,1-2H3;4,7H,3H2,1-2H3;3,6H2,1-2H3;2*1H3;;;;;;;;;;;;;;;;/q;;;;;;;;2*-1;;;;;;;;;;;;;;;;. The van der Waals surface area contributed by atoms with Crippen LogP contribution >= 0.6 is 138 Å². The van der Waals surface area contributed by atoms with Crippen LogP contribution in [0.5, 0.6) is 0 Å². The maximum Gasteiger partial charge on any atom is 0.335 e. The minimum absolute atomic E-state index is 0. The topological polar surface area (TPSA) is 464 Å². The molecule has 1 rings (SSSR count). The van der Waals surface area contributed by atoms with Crippen LogP contribution in [-0.4, -0.2) is 222 Å². The van der Waals surface area contributed by atoms with Crippen molar-refractivity contribution in [2.45, 2.75) is 0 Å². The summed E-state index contributed by atoms with van der Waals surface area (Å²) in [6.07, 6.45) is 0.